The lowest BCUT2D eigenvalue weighted by molar-refractivity contribution is -0.145. The van der Waals surface area contributed by atoms with Crippen LogP contribution in [0.5, 0.6) is 5.75 Å². The third-order valence-electron chi connectivity index (χ3n) is 16.4. The molecule has 13 amide bonds. The van der Waals surface area contributed by atoms with Crippen LogP contribution in [0.4, 0.5) is 0 Å². The summed E-state index contributed by atoms with van der Waals surface area (Å²) in [5, 5.41) is 61.3. The number of aliphatic hydroxyl groups excluding tert-OH is 1. The number of hydrogen-bond acceptors (Lipinski definition) is 19. The Morgan fingerprint density at radius 3 is 1.50 bits per heavy atom. The van der Waals surface area contributed by atoms with Crippen molar-refractivity contribution in [2.24, 2.45) is 45.5 Å². The molecule has 2 aliphatic heterocycles. The molecule has 0 unspecified atom stereocenters. The van der Waals surface area contributed by atoms with Gasteiger partial charge in [-0.15, -0.1) is 0 Å². The maximum atomic E-state index is 14.8. The van der Waals surface area contributed by atoms with Crippen LogP contribution in [-0.4, -0.2) is 224 Å². The van der Waals surface area contributed by atoms with E-state index in [0.29, 0.717) is 11.1 Å². The number of likely N-dealkylation sites (tertiary alicyclic amines) is 2. The van der Waals surface area contributed by atoms with Gasteiger partial charge < -0.3 is 107 Å². The molecular weight excluding hydrogens is 1310 g/mol. The molecule has 0 bridgehead atoms. The minimum absolute atomic E-state index is 0.0155. The van der Waals surface area contributed by atoms with E-state index >= 15 is 0 Å². The molecule has 0 aliphatic carbocycles. The number of aliphatic carboxylic acids is 2. The highest BCUT2D eigenvalue weighted by molar-refractivity contribution is 6.01. The van der Waals surface area contributed by atoms with Gasteiger partial charge in [-0.25, -0.2) is 0 Å². The number of rotatable bonds is 40. The molecule has 0 aromatic heterocycles. The van der Waals surface area contributed by atoms with Gasteiger partial charge in [0.15, 0.2) is 5.96 Å². The van der Waals surface area contributed by atoms with Crippen molar-refractivity contribution in [3.05, 3.63) is 65.7 Å². The number of phenols is 1. The van der Waals surface area contributed by atoms with E-state index in [1.54, 1.807) is 58.0 Å². The normalized spacial score (nSPS) is 17.2. The number of benzene rings is 2. The second kappa shape index (κ2) is 39.8. The van der Waals surface area contributed by atoms with Crippen molar-refractivity contribution >= 4 is 94.7 Å². The van der Waals surface area contributed by atoms with Crippen LogP contribution < -0.4 is 76.5 Å². The smallest absolute Gasteiger partial charge is 0.305 e. The minimum atomic E-state index is -2.06. The van der Waals surface area contributed by atoms with Crippen LogP contribution in [0.1, 0.15) is 116 Å². The van der Waals surface area contributed by atoms with Crippen molar-refractivity contribution in [1.29, 1.82) is 0 Å². The molecule has 0 radical (unpaired) electrons. The van der Waals surface area contributed by atoms with Gasteiger partial charge in [0.2, 0.25) is 76.8 Å². The molecule has 2 fully saturated rings. The lowest BCUT2D eigenvalue weighted by Crippen LogP contribution is -2.61. The fraction of sp³-hybridized carbons (Fsp3) is 0.562. The van der Waals surface area contributed by atoms with E-state index in [4.69, 9.17) is 28.7 Å². The molecule has 550 valence electrons. The zero-order valence-corrected chi connectivity index (χ0v) is 56.4. The van der Waals surface area contributed by atoms with Crippen molar-refractivity contribution in [1.82, 2.24) is 57.7 Å². The van der Waals surface area contributed by atoms with Crippen molar-refractivity contribution in [2.45, 2.75) is 191 Å². The number of carboxylic acids is 2. The minimum Gasteiger partial charge on any atom is -0.508 e. The number of nitrogens with one attached hydrogen (secondary N) is 9. The number of carbonyl (C=O) groups excluding carboxylic acids is 13. The molecule has 36 heteroatoms. The first-order valence-electron chi connectivity index (χ1n) is 32.7. The summed E-state index contributed by atoms with van der Waals surface area (Å²) in [6.45, 7) is 7.02. The quantitative estimate of drug-likeness (QED) is 0.0168. The summed E-state index contributed by atoms with van der Waals surface area (Å²) in [4.78, 5) is 209. The molecule has 12 atom stereocenters. The van der Waals surface area contributed by atoms with Gasteiger partial charge in [0.25, 0.3) is 0 Å². The monoisotopic (exact) mass is 1410 g/mol. The number of phenolic OH excluding ortho intramolecular Hbond substituents is 1. The standard InChI is InChI=1S/C64H95N17O19/c1-32(2)26-44(78-61(98)51(33(3)4)79-53(90)34(5)71-55(92)40(21-22-48(66)84)72-54(91)38(65)31-82)62(99)80-24-11-16-47(80)60(97)76-43(30-50(87)88)57(94)75-42(29-49(85)86)58(95)77-45(28-35-12-7-6-8-13-35)63(100)81-25-10-15-46(81)59(96)73-39(14-9-23-70-64(68)69)56(93)74-41(52(67)89)27-36-17-19-37(83)20-18-36/h6-8,12-13,17-20,32-34,38-47,51,82-83H,9-11,14-16,21-31,65H2,1-5H3,(H2,66,84)(H2,67,89)(H,71,92)(H,72,91)(H,73,96)(H,74,93)(H,75,94)(H,76,97)(H,77,95)(H,78,98)(H,79,90)(H,85,86)(H,87,88)(H4,68,69,70)/t34-,38-,39-,40-,41-,42-,43-,44-,45-,46-,47-,51-/m0/s1. The first-order chi connectivity index (χ1) is 47.1. The molecule has 2 heterocycles. The number of carbonyl (C=O) groups is 15. The summed E-state index contributed by atoms with van der Waals surface area (Å²) in [5.74, 6) is -16.8. The van der Waals surface area contributed by atoms with Crippen LogP contribution in [0.3, 0.4) is 0 Å². The largest absolute Gasteiger partial charge is 0.508 e. The Morgan fingerprint density at radius 1 is 0.530 bits per heavy atom. The number of carboxylic acid groups (broad SMARTS) is 2. The molecule has 2 aromatic rings. The summed E-state index contributed by atoms with van der Waals surface area (Å²) >= 11 is 0. The van der Waals surface area contributed by atoms with E-state index in [0.717, 1.165) is 9.80 Å². The molecule has 0 saturated carbocycles. The highest BCUT2D eigenvalue weighted by Crippen LogP contribution is 2.24. The molecule has 100 heavy (non-hydrogen) atoms. The van der Waals surface area contributed by atoms with Crippen molar-refractivity contribution in [3.8, 4) is 5.75 Å². The van der Waals surface area contributed by atoms with Gasteiger partial charge in [0.05, 0.1) is 19.4 Å². The fourth-order valence-corrected chi connectivity index (χ4v) is 11.1. The van der Waals surface area contributed by atoms with Gasteiger partial charge in [-0.05, 0) is 93.4 Å². The summed E-state index contributed by atoms with van der Waals surface area (Å²) in [5.41, 5.74) is 28.5. The maximum absolute atomic E-state index is 14.8. The Hall–Kier alpha value is -10.5. The highest BCUT2D eigenvalue weighted by Gasteiger charge is 2.43. The van der Waals surface area contributed by atoms with Crippen LogP contribution in [0.2, 0.25) is 0 Å². The first-order valence-corrected chi connectivity index (χ1v) is 32.7. The van der Waals surface area contributed by atoms with Crippen LogP contribution in [-0.2, 0) is 84.8 Å². The number of nitrogens with zero attached hydrogens (tertiary/aromatic N) is 3. The molecular formula is C64H95N17O19. The predicted molar refractivity (Wildman–Crippen MR) is 356 cm³/mol. The molecule has 2 saturated heterocycles. The summed E-state index contributed by atoms with van der Waals surface area (Å²) < 4.78 is 0. The number of aromatic hydroxyl groups is 1. The Kier molecular flexibility index (Phi) is 32.6. The Labute approximate surface area is 576 Å². The summed E-state index contributed by atoms with van der Waals surface area (Å²) in [7, 11) is 0. The van der Waals surface area contributed by atoms with Crippen molar-refractivity contribution in [2.75, 3.05) is 26.2 Å². The van der Waals surface area contributed by atoms with E-state index in [1.165, 1.54) is 31.2 Å². The van der Waals surface area contributed by atoms with Gasteiger partial charge in [-0.2, -0.15) is 0 Å². The second-order valence-electron chi connectivity index (χ2n) is 25.3. The van der Waals surface area contributed by atoms with E-state index in [-0.39, 0.29) is 108 Å². The van der Waals surface area contributed by atoms with E-state index in [1.807, 2.05) is 0 Å². The van der Waals surface area contributed by atoms with Crippen LogP contribution in [0.15, 0.2) is 59.6 Å². The summed E-state index contributed by atoms with van der Waals surface area (Å²) in [6.07, 6.45) is -2.80. The van der Waals surface area contributed by atoms with Gasteiger partial charge in [0, 0.05) is 38.9 Å². The van der Waals surface area contributed by atoms with Gasteiger partial charge in [-0.1, -0.05) is 70.2 Å². The summed E-state index contributed by atoms with van der Waals surface area (Å²) in [6, 6.07) is -3.98. The zero-order chi connectivity index (χ0) is 74.7. The highest BCUT2D eigenvalue weighted by atomic mass is 16.4. The SMILES string of the molecule is CC(C)C[C@H](NC(=O)[C@@H](NC(=O)[C@H](C)NC(=O)[C@H](CCC(N)=O)NC(=O)[C@@H](N)CO)C(C)C)C(=O)N1CCC[C@H]1C(=O)N[C@@H](CC(=O)O)C(=O)N[C@@H](CC(=O)O)C(=O)N[C@@H](Cc1ccccc1)C(=O)N1CCC[C@H]1C(=O)N[C@@H](CCCN=C(N)N)C(=O)N[C@@H](Cc1ccc(O)cc1)C(N)=O. The molecule has 2 aliphatic rings. The van der Waals surface area contributed by atoms with Crippen molar-refractivity contribution in [3.63, 3.8) is 0 Å². The lowest BCUT2D eigenvalue weighted by Gasteiger charge is -2.32. The number of hydrogen-bond donors (Lipinski definition) is 18. The number of primary amides is 2. The van der Waals surface area contributed by atoms with Crippen LogP contribution in [0, 0.1) is 11.8 Å². The Balaban J connectivity index is 1.54. The van der Waals surface area contributed by atoms with Gasteiger partial charge >= 0.3 is 11.9 Å². The molecule has 0 spiro atoms. The van der Waals surface area contributed by atoms with E-state index in [2.05, 4.69) is 52.8 Å². The predicted octanol–water partition coefficient (Wildman–Crippen LogP) is -5.68. The lowest BCUT2D eigenvalue weighted by atomic mass is 9.99. The van der Waals surface area contributed by atoms with Crippen LogP contribution in [0.25, 0.3) is 0 Å². The van der Waals surface area contributed by atoms with Gasteiger partial charge in [0.1, 0.15) is 78.3 Å². The molecule has 36 nitrogen and oxygen atoms in total. The number of guanidine groups is 1. The zero-order valence-electron chi connectivity index (χ0n) is 56.4. The first kappa shape index (κ1) is 81.9. The number of nitrogens with two attached hydrogens (primary N) is 5. The molecule has 2 aromatic carbocycles. The van der Waals surface area contributed by atoms with Crippen LogP contribution >= 0.6 is 0 Å². The number of amides is 13. The van der Waals surface area contributed by atoms with E-state index in [9.17, 15) is 92.3 Å². The molecule has 23 N–H and O–H groups in total. The average molecular weight is 1410 g/mol. The van der Waals surface area contributed by atoms with Gasteiger partial charge in [-0.3, -0.25) is 76.9 Å². The Morgan fingerprint density at radius 2 is 0.990 bits per heavy atom. The van der Waals surface area contributed by atoms with E-state index < -0.39 is 187 Å². The topological polar surface area (TPSA) is 594 Å². The third kappa shape index (κ3) is 26.4. The Bertz CT molecular complexity index is 3280. The van der Waals surface area contributed by atoms with Crippen molar-refractivity contribution < 1.29 is 92.3 Å². The number of aliphatic imine (C=N–C) groups is 1. The average Bonchev–Trinajstić information content (AvgIpc) is 1.59. The maximum Gasteiger partial charge on any atom is 0.305 e. The second-order valence-corrected chi connectivity index (χ2v) is 25.3. The molecule has 4 rings (SSSR count). The third-order valence-corrected chi connectivity index (χ3v) is 16.4. The fourth-order valence-electron chi connectivity index (χ4n) is 11.1. The number of aliphatic hydroxyl groups is 1.